The van der Waals surface area contributed by atoms with Gasteiger partial charge in [-0.25, -0.2) is 4.98 Å². The van der Waals surface area contributed by atoms with E-state index in [2.05, 4.69) is 23.4 Å². The lowest BCUT2D eigenvalue weighted by Gasteiger charge is -2.19. The van der Waals surface area contributed by atoms with Gasteiger partial charge in [0.2, 0.25) is 0 Å². The van der Waals surface area contributed by atoms with E-state index < -0.39 is 0 Å². The van der Waals surface area contributed by atoms with Crippen molar-refractivity contribution in [3.8, 4) is 0 Å². The summed E-state index contributed by atoms with van der Waals surface area (Å²) in [5, 5.41) is 8.09. The highest BCUT2D eigenvalue weighted by Crippen LogP contribution is 2.44. The molecule has 22 heavy (non-hydrogen) atoms. The minimum absolute atomic E-state index is 0.335. The number of anilines is 1. The summed E-state index contributed by atoms with van der Waals surface area (Å²) in [5.74, 6) is 2.49. The number of nitrogens with zero attached hydrogens (tertiary/aromatic N) is 3. The van der Waals surface area contributed by atoms with Gasteiger partial charge in [0.25, 0.3) is 0 Å². The molecule has 0 amide bonds. The second-order valence-corrected chi connectivity index (χ2v) is 6.93. The maximum Gasteiger partial charge on any atom is 0.157 e. The van der Waals surface area contributed by atoms with Crippen LogP contribution in [0.3, 0.4) is 0 Å². The molecule has 2 aromatic heterocycles. The molecule has 2 heterocycles. The van der Waals surface area contributed by atoms with Gasteiger partial charge in [-0.05, 0) is 44.4 Å². The number of hydrogen-bond donors (Lipinski definition) is 2. The molecule has 5 nitrogen and oxygen atoms in total. The first kappa shape index (κ1) is 14.0. The van der Waals surface area contributed by atoms with Crippen LogP contribution in [0.2, 0.25) is 0 Å². The highest BCUT2D eigenvalue weighted by molar-refractivity contribution is 5.50. The van der Waals surface area contributed by atoms with Crippen LogP contribution in [0.1, 0.15) is 57.1 Å². The third-order valence-corrected chi connectivity index (χ3v) is 5.22. The zero-order chi connectivity index (χ0) is 15.1. The summed E-state index contributed by atoms with van der Waals surface area (Å²) < 4.78 is 1.92. The van der Waals surface area contributed by atoms with E-state index in [4.69, 9.17) is 10.7 Å². The summed E-state index contributed by atoms with van der Waals surface area (Å²) in [6.45, 7) is 2.27. The summed E-state index contributed by atoms with van der Waals surface area (Å²) in [5.41, 5.74) is 8.21. The summed E-state index contributed by atoms with van der Waals surface area (Å²) in [4.78, 5) is 4.85. The van der Waals surface area contributed by atoms with Crippen LogP contribution in [-0.4, -0.2) is 26.7 Å². The number of nitrogens with one attached hydrogen (secondary N) is 1. The maximum absolute atomic E-state index is 6.04. The summed E-state index contributed by atoms with van der Waals surface area (Å²) >= 11 is 0. The fourth-order valence-electron chi connectivity index (χ4n) is 3.86. The first-order valence-corrected chi connectivity index (χ1v) is 8.61. The van der Waals surface area contributed by atoms with Gasteiger partial charge < -0.3 is 11.1 Å². The van der Waals surface area contributed by atoms with E-state index in [1.807, 2.05) is 16.8 Å². The predicted octanol–water partition coefficient (Wildman–Crippen LogP) is 2.92. The molecular formula is C17H25N5. The van der Waals surface area contributed by atoms with Crippen LogP contribution in [0.4, 0.5) is 5.82 Å². The van der Waals surface area contributed by atoms with Crippen LogP contribution in [0.15, 0.2) is 18.3 Å². The molecule has 0 aliphatic heterocycles. The molecule has 0 radical (unpaired) electrons. The minimum Gasteiger partial charge on any atom is -0.367 e. The molecule has 2 aliphatic rings. The molecule has 2 saturated carbocycles. The van der Waals surface area contributed by atoms with Crippen molar-refractivity contribution >= 4 is 11.5 Å². The molecule has 2 fully saturated rings. The number of hydrogen-bond acceptors (Lipinski definition) is 4. The third-order valence-electron chi connectivity index (χ3n) is 5.22. The Labute approximate surface area is 131 Å². The van der Waals surface area contributed by atoms with Crippen LogP contribution < -0.4 is 11.1 Å². The fraction of sp³-hybridized carbons (Fsp3) is 0.647. The van der Waals surface area contributed by atoms with E-state index in [0.29, 0.717) is 18.0 Å². The highest BCUT2D eigenvalue weighted by Gasteiger charge is 2.32. The van der Waals surface area contributed by atoms with Gasteiger partial charge in [-0.1, -0.05) is 6.92 Å². The molecule has 0 bridgehead atoms. The Morgan fingerprint density at radius 3 is 2.91 bits per heavy atom. The lowest BCUT2D eigenvalue weighted by molar-refractivity contribution is 0.570. The zero-order valence-electron chi connectivity index (χ0n) is 13.2. The first-order valence-electron chi connectivity index (χ1n) is 8.61. The third kappa shape index (κ3) is 2.58. The molecule has 4 rings (SSSR count). The topological polar surface area (TPSA) is 68.2 Å². The maximum atomic E-state index is 6.04. The molecule has 2 aliphatic carbocycles. The fourth-order valence-corrected chi connectivity index (χ4v) is 3.86. The molecule has 118 valence electrons. The van der Waals surface area contributed by atoms with Crippen molar-refractivity contribution < 1.29 is 0 Å². The van der Waals surface area contributed by atoms with Crippen molar-refractivity contribution in [1.82, 2.24) is 14.6 Å². The Kier molecular flexibility index (Phi) is 3.53. The van der Waals surface area contributed by atoms with Gasteiger partial charge in [0.1, 0.15) is 5.82 Å². The number of fused-ring (bicyclic) bond motifs is 1. The zero-order valence-corrected chi connectivity index (χ0v) is 13.2. The second kappa shape index (κ2) is 5.54. The van der Waals surface area contributed by atoms with Crippen molar-refractivity contribution in [3.63, 3.8) is 0 Å². The van der Waals surface area contributed by atoms with Gasteiger partial charge in [-0.15, -0.1) is 0 Å². The molecule has 0 unspecified atom stereocenters. The second-order valence-electron chi connectivity index (χ2n) is 6.93. The number of aromatic nitrogens is 3. The van der Waals surface area contributed by atoms with Crippen LogP contribution >= 0.6 is 0 Å². The van der Waals surface area contributed by atoms with E-state index in [1.54, 1.807) is 0 Å². The molecular weight excluding hydrogens is 274 g/mol. The van der Waals surface area contributed by atoms with Gasteiger partial charge in [0.15, 0.2) is 5.65 Å². The summed E-state index contributed by atoms with van der Waals surface area (Å²) in [6.07, 6.45) is 8.99. The average Bonchev–Trinajstić information content (AvgIpc) is 3.06. The van der Waals surface area contributed by atoms with E-state index >= 15 is 0 Å². The molecule has 3 atom stereocenters. The van der Waals surface area contributed by atoms with Gasteiger partial charge in [0.05, 0.1) is 6.20 Å². The molecule has 3 N–H and O–H groups in total. The normalized spacial score (nSPS) is 26.5. The SMILES string of the molecule is CC[C@H](c1cc(N[C@H]2CC[C@H](N)C2)n2nccc2n1)C1CC1. The Bertz CT molecular complexity index is 660. The monoisotopic (exact) mass is 299 g/mol. The van der Waals surface area contributed by atoms with E-state index in [0.717, 1.165) is 43.1 Å². The van der Waals surface area contributed by atoms with Gasteiger partial charge >= 0.3 is 0 Å². The Morgan fingerprint density at radius 1 is 1.36 bits per heavy atom. The number of rotatable bonds is 5. The van der Waals surface area contributed by atoms with Gasteiger partial charge in [0, 0.05) is 35.8 Å². The Morgan fingerprint density at radius 2 is 2.23 bits per heavy atom. The van der Waals surface area contributed by atoms with E-state index in [1.165, 1.54) is 18.5 Å². The van der Waals surface area contributed by atoms with Crippen LogP contribution in [0.5, 0.6) is 0 Å². The summed E-state index contributed by atoms with van der Waals surface area (Å²) in [7, 11) is 0. The molecule has 0 aromatic carbocycles. The van der Waals surface area contributed by atoms with Crippen molar-refractivity contribution in [2.75, 3.05) is 5.32 Å². The quantitative estimate of drug-likeness (QED) is 0.890. The Balaban J connectivity index is 1.67. The van der Waals surface area contributed by atoms with Crippen molar-refractivity contribution in [2.24, 2.45) is 11.7 Å². The van der Waals surface area contributed by atoms with Crippen molar-refractivity contribution in [2.45, 2.75) is 63.5 Å². The van der Waals surface area contributed by atoms with Crippen LogP contribution in [0.25, 0.3) is 5.65 Å². The average molecular weight is 299 g/mol. The van der Waals surface area contributed by atoms with E-state index in [9.17, 15) is 0 Å². The minimum atomic E-state index is 0.335. The van der Waals surface area contributed by atoms with Crippen molar-refractivity contribution in [1.29, 1.82) is 0 Å². The van der Waals surface area contributed by atoms with E-state index in [-0.39, 0.29) is 0 Å². The predicted molar refractivity (Wildman–Crippen MR) is 88.0 cm³/mol. The molecule has 2 aromatic rings. The van der Waals surface area contributed by atoms with Crippen molar-refractivity contribution in [3.05, 3.63) is 24.0 Å². The molecule has 5 heteroatoms. The van der Waals surface area contributed by atoms with Gasteiger partial charge in [-0.2, -0.15) is 9.61 Å². The number of nitrogens with two attached hydrogens (primary N) is 1. The highest BCUT2D eigenvalue weighted by atomic mass is 15.3. The standard InChI is InChI=1S/C17H25N5/c1-2-14(11-3-4-11)15-10-17(20-13-6-5-12(18)9-13)22-16(21-15)7-8-19-22/h7-8,10-14,20H,2-6,9,18H2,1H3/t12-,13-,14-/m0/s1. The van der Waals surface area contributed by atoms with Gasteiger partial charge in [-0.3, -0.25) is 0 Å². The lowest BCUT2D eigenvalue weighted by Crippen LogP contribution is -2.22. The first-order chi connectivity index (χ1) is 10.7. The largest absolute Gasteiger partial charge is 0.367 e. The van der Waals surface area contributed by atoms with Crippen LogP contribution in [0, 0.1) is 5.92 Å². The summed E-state index contributed by atoms with van der Waals surface area (Å²) in [6, 6.07) is 5.01. The lowest BCUT2D eigenvalue weighted by atomic mass is 9.96. The smallest absolute Gasteiger partial charge is 0.157 e. The van der Waals surface area contributed by atoms with Crippen LogP contribution in [-0.2, 0) is 0 Å². The molecule has 0 saturated heterocycles. The Hall–Kier alpha value is -1.62. The molecule has 0 spiro atoms.